The van der Waals surface area contributed by atoms with E-state index in [1.54, 1.807) is 0 Å². The van der Waals surface area contributed by atoms with E-state index in [9.17, 15) is 14.7 Å². The fourth-order valence-corrected chi connectivity index (χ4v) is 6.41. The summed E-state index contributed by atoms with van der Waals surface area (Å²) in [5.74, 6) is -0.585. The van der Waals surface area contributed by atoms with Gasteiger partial charge < -0.3 is 14.6 Å². The van der Waals surface area contributed by atoms with Crippen molar-refractivity contribution in [2.45, 2.75) is 238 Å². The van der Waals surface area contributed by atoms with Crippen molar-refractivity contribution in [3.05, 3.63) is 24.3 Å². The quantitative estimate of drug-likeness (QED) is 0.0390. The Labute approximate surface area is 311 Å². The molecule has 0 amide bonds. The third-order valence-corrected chi connectivity index (χ3v) is 9.75. The number of hydrogen-bond donors (Lipinski definition) is 1. The van der Waals surface area contributed by atoms with E-state index in [1.165, 1.54) is 161 Å². The highest BCUT2D eigenvalue weighted by Gasteiger charge is 2.16. The van der Waals surface area contributed by atoms with E-state index < -0.39 is 6.10 Å². The molecule has 0 heterocycles. The fourth-order valence-electron chi connectivity index (χ4n) is 6.41. The molecule has 0 aliphatic carbocycles. The largest absolute Gasteiger partial charge is 0.462 e. The van der Waals surface area contributed by atoms with Crippen molar-refractivity contribution in [3.63, 3.8) is 0 Å². The Balaban J connectivity index is 3.43. The first-order valence-electron chi connectivity index (χ1n) is 21.9. The lowest BCUT2D eigenvalue weighted by Gasteiger charge is -2.15. The summed E-state index contributed by atoms with van der Waals surface area (Å²) in [6, 6.07) is 0. The molecular formula is C45H84O5. The van der Waals surface area contributed by atoms with Crippen LogP contribution in [0.3, 0.4) is 0 Å². The van der Waals surface area contributed by atoms with E-state index in [1.807, 2.05) is 0 Å². The molecule has 0 saturated heterocycles. The van der Waals surface area contributed by atoms with Crippen LogP contribution < -0.4 is 0 Å². The van der Waals surface area contributed by atoms with Gasteiger partial charge in [0.05, 0.1) is 6.61 Å². The molecule has 0 bridgehead atoms. The summed E-state index contributed by atoms with van der Waals surface area (Å²) in [5.41, 5.74) is 0. The average molecular weight is 705 g/mol. The molecule has 0 aromatic heterocycles. The number of hydrogen-bond acceptors (Lipinski definition) is 5. The molecule has 0 radical (unpaired) electrons. The molecule has 1 atom stereocenters. The number of rotatable bonds is 40. The van der Waals surface area contributed by atoms with Crippen LogP contribution in [0.5, 0.6) is 0 Å². The minimum Gasteiger partial charge on any atom is -0.462 e. The number of unbranched alkanes of at least 4 members (excludes halogenated alkanes) is 28. The first kappa shape index (κ1) is 48.4. The molecule has 1 N–H and O–H groups in total. The standard InChI is InChI=1S/C45H84O5/c1-3-5-7-9-11-13-14-15-16-17-18-19-20-21-22-23-24-25-26-27-28-29-30-32-34-36-38-40-45(48)50-43(41-46)42-49-44(47)39-37-35-33-31-12-10-8-6-4-2/h14-15,17-18,43,46H,3-13,16,19-42H2,1-2H3/b15-14-,18-17-. The van der Waals surface area contributed by atoms with Gasteiger partial charge in [0.2, 0.25) is 0 Å². The summed E-state index contributed by atoms with van der Waals surface area (Å²) in [6.07, 6.45) is 49.8. The van der Waals surface area contributed by atoms with Crippen LogP contribution in [-0.2, 0) is 19.1 Å². The molecular weight excluding hydrogens is 620 g/mol. The van der Waals surface area contributed by atoms with E-state index in [0.717, 1.165) is 44.9 Å². The van der Waals surface area contributed by atoms with Gasteiger partial charge in [-0.1, -0.05) is 199 Å². The van der Waals surface area contributed by atoms with Gasteiger partial charge in [0.1, 0.15) is 6.61 Å². The number of aliphatic hydroxyl groups is 1. The minimum absolute atomic E-state index is 0.0610. The third kappa shape index (κ3) is 39.2. The van der Waals surface area contributed by atoms with Gasteiger partial charge >= 0.3 is 11.9 Å². The molecule has 0 rings (SSSR count). The first-order valence-corrected chi connectivity index (χ1v) is 21.9. The van der Waals surface area contributed by atoms with Gasteiger partial charge in [-0.05, 0) is 44.9 Å². The van der Waals surface area contributed by atoms with Gasteiger partial charge in [0.15, 0.2) is 6.10 Å². The monoisotopic (exact) mass is 705 g/mol. The number of allylic oxidation sites excluding steroid dienone is 4. The van der Waals surface area contributed by atoms with Crippen LogP contribution in [0.15, 0.2) is 24.3 Å². The maximum Gasteiger partial charge on any atom is 0.306 e. The van der Waals surface area contributed by atoms with E-state index in [4.69, 9.17) is 9.47 Å². The Morgan fingerprint density at radius 1 is 0.460 bits per heavy atom. The van der Waals surface area contributed by atoms with Gasteiger partial charge in [-0.15, -0.1) is 0 Å². The summed E-state index contributed by atoms with van der Waals surface area (Å²) in [6.45, 7) is 4.12. The second kappa shape index (κ2) is 41.8. The molecule has 5 nitrogen and oxygen atoms in total. The van der Waals surface area contributed by atoms with Gasteiger partial charge in [0.25, 0.3) is 0 Å². The van der Waals surface area contributed by atoms with Gasteiger partial charge in [-0.3, -0.25) is 9.59 Å². The normalized spacial score (nSPS) is 12.3. The van der Waals surface area contributed by atoms with Crippen LogP contribution >= 0.6 is 0 Å². The van der Waals surface area contributed by atoms with Crippen molar-refractivity contribution < 1.29 is 24.2 Å². The minimum atomic E-state index is -0.764. The summed E-state index contributed by atoms with van der Waals surface area (Å²) in [5, 5.41) is 9.54. The second-order valence-electron chi connectivity index (χ2n) is 14.8. The van der Waals surface area contributed by atoms with Crippen molar-refractivity contribution in [1.29, 1.82) is 0 Å². The number of carbonyl (C=O) groups is 2. The van der Waals surface area contributed by atoms with Crippen LogP contribution in [0.1, 0.15) is 232 Å². The molecule has 0 aliphatic rings. The van der Waals surface area contributed by atoms with E-state index in [0.29, 0.717) is 12.8 Å². The number of carbonyl (C=O) groups excluding carboxylic acids is 2. The van der Waals surface area contributed by atoms with Crippen molar-refractivity contribution in [2.24, 2.45) is 0 Å². The van der Waals surface area contributed by atoms with E-state index in [2.05, 4.69) is 38.2 Å². The lowest BCUT2D eigenvalue weighted by Crippen LogP contribution is -2.28. The Hall–Kier alpha value is -1.62. The average Bonchev–Trinajstić information content (AvgIpc) is 3.12. The number of aliphatic hydroxyl groups excluding tert-OH is 1. The van der Waals surface area contributed by atoms with Crippen LogP contribution in [0, 0.1) is 0 Å². The third-order valence-electron chi connectivity index (χ3n) is 9.75. The highest BCUT2D eigenvalue weighted by atomic mass is 16.6. The topological polar surface area (TPSA) is 72.8 Å². The molecule has 0 fully saturated rings. The van der Waals surface area contributed by atoms with Crippen molar-refractivity contribution in [2.75, 3.05) is 13.2 Å². The van der Waals surface area contributed by atoms with Crippen LogP contribution in [-0.4, -0.2) is 36.4 Å². The molecule has 0 aromatic rings. The molecule has 1 unspecified atom stereocenters. The van der Waals surface area contributed by atoms with Crippen molar-refractivity contribution in [1.82, 2.24) is 0 Å². The molecule has 5 heteroatoms. The highest BCUT2D eigenvalue weighted by molar-refractivity contribution is 5.70. The zero-order chi connectivity index (χ0) is 36.4. The molecule has 0 spiro atoms. The maximum absolute atomic E-state index is 12.2. The number of esters is 2. The van der Waals surface area contributed by atoms with Crippen LogP contribution in [0.4, 0.5) is 0 Å². The Morgan fingerprint density at radius 3 is 1.18 bits per heavy atom. The SMILES string of the molecule is CCCCCCC/C=C\C/C=C\CCCCCCCCCCCCCCCCCC(=O)OC(CO)COC(=O)CCCCCCCCCCC. The lowest BCUT2D eigenvalue weighted by molar-refractivity contribution is -0.161. The summed E-state index contributed by atoms with van der Waals surface area (Å²) in [4.78, 5) is 24.2. The van der Waals surface area contributed by atoms with E-state index in [-0.39, 0.29) is 25.2 Å². The predicted octanol–water partition coefficient (Wildman–Crippen LogP) is 13.8. The van der Waals surface area contributed by atoms with Gasteiger partial charge in [-0.25, -0.2) is 0 Å². The van der Waals surface area contributed by atoms with Crippen molar-refractivity contribution in [3.8, 4) is 0 Å². The molecule has 0 aromatic carbocycles. The Kier molecular flexibility index (Phi) is 40.4. The molecule has 0 saturated carbocycles. The predicted molar refractivity (Wildman–Crippen MR) is 215 cm³/mol. The summed E-state index contributed by atoms with van der Waals surface area (Å²) in [7, 11) is 0. The zero-order valence-electron chi connectivity index (χ0n) is 33.4. The van der Waals surface area contributed by atoms with Crippen LogP contribution in [0.25, 0.3) is 0 Å². The second-order valence-corrected chi connectivity index (χ2v) is 14.8. The maximum atomic E-state index is 12.2. The smallest absolute Gasteiger partial charge is 0.306 e. The van der Waals surface area contributed by atoms with Gasteiger partial charge in [0, 0.05) is 12.8 Å². The van der Waals surface area contributed by atoms with Gasteiger partial charge in [-0.2, -0.15) is 0 Å². The summed E-state index contributed by atoms with van der Waals surface area (Å²) >= 11 is 0. The van der Waals surface area contributed by atoms with E-state index >= 15 is 0 Å². The molecule has 294 valence electrons. The fraction of sp³-hybridized carbons (Fsp3) is 0.867. The summed E-state index contributed by atoms with van der Waals surface area (Å²) < 4.78 is 10.6. The Morgan fingerprint density at radius 2 is 0.800 bits per heavy atom. The molecule has 50 heavy (non-hydrogen) atoms. The van der Waals surface area contributed by atoms with Crippen molar-refractivity contribution >= 4 is 11.9 Å². The highest BCUT2D eigenvalue weighted by Crippen LogP contribution is 2.15. The van der Waals surface area contributed by atoms with Crippen LogP contribution in [0.2, 0.25) is 0 Å². The lowest BCUT2D eigenvalue weighted by atomic mass is 10.0. The number of ether oxygens (including phenoxy) is 2. The molecule has 0 aliphatic heterocycles. The first-order chi connectivity index (χ1) is 24.6. The zero-order valence-corrected chi connectivity index (χ0v) is 33.4. The Bertz CT molecular complexity index is 761.